The summed E-state index contributed by atoms with van der Waals surface area (Å²) in [6.07, 6.45) is 0. The topological polar surface area (TPSA) is 42.0 Å². The molecule has 2 aromatic rings. The van der Waals surface area contributed by atoms with E-state index in [0.29, 0.717) is 10.4 Å². The lowest BCUT2D eigenvalue weighted by molar-refractivity contribution is -0.111. The molecule has 0 saturated heterocycles. The fourth-order valence-corrected chi connectivity index (χ4v) is 1.62. The normalized spacial score (nSPS) is 9.17. The Kier molecular flexibility index (Phi) is 4.11. The lowest BCUT2D eigenvalue weighted by Crippen LogP contribution is -2.09. The van der Waals surface area contributed by atoms with E-state index in [0.717, 1.165) is 5.56 Å². The van der Waals surface area contributed by atoms with E-state index in [-0.39, 0.29) is 5.91 Å². The van der Waals surface area contributed by atoms with E-state index in [2.05, 4.69) is 38.1 Å². The van der Waals surface area contributed by atoms with Crippen LogP contribution in [0.5, 0.6) is 0 Å². The van der Waals surface area contributed by atoms with Crippen molar-refractivity contribution in [2.24, 2.45) is 0 Å². The molecule has 0 bridgehead atoms. The van der Waals surface area contributed by atoms with Crippen LogP contribution in [0.25, 0.3) is 0 Å². The van der Waals surface area contributed by atoms with Gasteiger partial charge in [-0.25, -0.2) is 4.98 Å². The summed E-state index contributed by atoms with van der Waals surface area (Å²) in [6, 6.07) is 14.6. The molecule has 4 heteroatoms. The van der Waals surface area contributed by atoms with Crippen LogP contribution < -0.4 is 5.32 Å². The molecular formula is C14H9BrN2O. The molecule has 0 unspecified atom stereocenters. The predicted octanol–water partition coefficient (Wildman–Crippen LogP) is 2.83. The van der Waals surface area contributed by atoms with Crippen LogP contribution >= 0.6 is 15.9 Å². The molecule has 0 fully saturated rings. The van der Waals surface area contributed by atoms with Gasteiger partial charge in [-0.1, -0.05) is 30.2 Å². The number of hydrogen-bond acceptors (Lipinski definition) is 2. The van der Waals surface area contributed by atoms with Gasteiger partial charge in [0.1, 0.15) is 10.4 Å². The summed E-state index contributed by atoms with van der Waals surface area (Å²) in [5.74, 6) is 5.37. The molecule has 18 heavy (non-hydrogen) atoms. The summed E-state index contributed by atoms with van der Waals surface area (Å²) in [4.78, 5) is 15.6. The first-order chi connectivity index (χ1) is 8.74. The minimum Gasteiger partial charge on any atom is -0.300 e. The lowest BCUT2D eigenvalue weighted by atomic mass is 10.2. The molecule has 1 amide bonds. The number of carbonyl (C=O) groups is 1. The number of amides is 1. The first kappa shape index (κ1) is 12.3. The van der Waals surface area contributed by atoms with Crippen molar-refractivity contribution in [3.05, 3.63) is 58.7 Å². The summed E-state index contributed by atoms with van der Waals surface area (Å²) in [7, 11) is 0. The van der Waals surface area contributed by atoms with E-state index in [1.54, 1.807) is 18.2 Å². The second kappa shape index (κ2) is 5.99. The predicted molar refractivity (Wildman–Crippen MR) is 73.9 cm³/mol. The fourth-order valence-electron chi connectivity index (χ4n) is 1.28. The van der Waals surface area contributed by atoms with E-state index in [4.69, 9.17) is 0 Å². The number of aromatic nitrogens is 1. The highest BCUT2D eigenvalue weighted by Crippen LogP contribution is 2.09. The molecular weight excluding hydrogens is 292 g/mol. The fraction of sp³-hybridized carbons (Fsp3) is 0. The van der Waals surface area contributed by atoms with E-state index in [1.165, 1.54) is 0 Å². The van der Waals surface area contributed by atoms with Crippen LogP contribution in [-0.2, 0) is 4.79 Å². The first-order valence-corrected chi connectivity index (χ1v) is 6.04. The molecule has 1 heterocycles. The van der Waals surface area contributed by atoms with Gasteiger partial charge in [0.15, 0.2) is 0 Å². The highest BCUT2D eigenvalue weighted by molar-refractivity contribution is 9.10. The van der Waals surface area contributed by atoms with Crippen LogP contribution in [0.4, 0.5) is 5.82 Å². The number of pyridine rings is 1. The largest absolute Gasteiger partial charge is 0.301 e. The Labute approximate surface area is 113 Å². The average molecular weight is 301 g/mol. The number of nitrogens with zero attached hydrogens (tertiary/aromatic N) is 1. The summed E-state index contributed by atoms with van der Waals surface area (Å²) in [5, 5.41) is 2.60. The van der Waals surface area contributed by atoms with Gasteiger partial charge in [0.05, 0.1) is 0 Å². The Bertz CT molecular complexity index is 614. The maximum Gasteiger partial charge on any atom is 0.301 e. The number of carbonyl (C=O) groups excluding carboxylic acids is 1. The monoisotopic (exact) mass is 300 g/mol. The van der Waals surface area contributed by atoms with Gasteiger partial charge in [0.2, 0.25) is 0 Å². The van der Waals surface area contributed by atoms with Crippen LogP contribution in [0, 0.1) is 11.8 Å². The molecule has 88 valence electrons. The average Bonchev–Trinajstić information content (AvgIpc) is 2.38. The standard InChI is InChI=1S/C14H9BrN2O/c15-12-7-4-8-13(16-12)17-14(18)10-9-11-5-2-1-3-6-11/h1-8H,(H,16,17,18). The van der Waals surface area contributed by atoms with Crippen molar-refractivity contribution in [2.45, 2.75) is 0 Å². The summed E-state index contributed by atoms with van der Waals surface area (Å²) < 4.78 is 0.663. The summed E-state index contributed by atoms with van der Waals surface area (Å²) in [5.41, 5.74) is 0.801. The number of rotatable bonds is 1. The van der Waals surface area contributed by atoms with E-state index in [1.807, 2.05) is 30.3 Å². The zero-order chi connectivity index (χ0) is 12.8. The molecule has 0 spiro atoms. The number of nitrogens with one attached hydrogen (secondary N) is 1. The van der Waals surface area contributed by atoms with Gasteiger partial charge < -0.3 is 0 Å². The van der Waals surface area contributed by atoms with Crippen LogP contribution in [0.3, 0.4) is 0 Å². The quantitative estimate of drug-likeness (QED) is 0.650. The van der Waals surface area contributed by atoms with Crippen molar-refractivity contribution in [3.8, 4) is 11.8 Å². The third-order valence-corrected chi connectivity index (χ3v) is 2.49. The third kappa shape index (κ3) is 3.72. The summed E-state index contributed by atoms with van der Waals surface area (Å²) in [6.45, 7) is 0. The lowest BCUT2D eigenvalue weighted by Gasteiger charge is -1.99. The van der Waals surface area contributed by atoms with Gasteiger partial charge in [-0.15, -0.1) is 0 Å². The number of benzene rings is 1. The third-order valence-electron chi connectivity index (χ3n) is 2.05. The Morgan fingerprint density at radius 3 is 2.61 bits per heavy atom. The second-order valence-corrected chi connectivity index (χ2v) is 4.23. The Hall–Kier alpha value is -2.12. The van der Waals surface area contributed by atoms with Gasteiger partial charge in [0, 0.05) is 11.5 Å². The molecule has 3 nitrogen and oxygen atoms in total. The van der Waals surface area contributed by atoms with Crippen LogP contribution in [-0.4, -0.2) is 10.9 Å². The Balaban J connectivity index is 2.04. The van der Waals surface area contributed by atoms with Gasteiger partial charge in [0.25, 0.3) is 0 Å². The Morgan fingerprint density at radius 2 is 1.89 bits per heavy atom. The summed E-state index contributed by atoms with van der Waals surface area (Å²) >= 11 is 3.23. The van der Waals surface area contributed by atoms with Crippen molar-refractivity contribution >= 4 is 27.7 Å². The highest BCUT2D eigenvalue weighted by atomic mass is 79.9. The highest BCUT2D eigenvalue weighted by Gasteiger charge is 1.99. The van der Waals surface area contributed by atoms with Gasteiger partial charge >= 0.3 is 5.91 Å². The molecule has 1 aromatic carbocycles. The number of halogens is 1. The van der Waals surface area contributed by atoms with Crippen molar-refractivity contribution in [3.63, 3.8) is 0 Å². The zero-order valence-electron chi connectivity index (χ0n) is 9.35. The number of hydrogen-bond donors (Lipinski definition) is 1. The van der Waals surface area contributed by atoms with Crippen LogP contribution in [0.15, 0.2) is 53.1 Å². The van der Waals surface area contributed by atoms with Crippen LogP contribution in [0.1, 0.15) is 5.56 Å². The van der Waals surface area contributed by atoms with Gasteiger partial charge in [-0.05, 0) is 40.2 Å². The van der Waals surface area contributed by atoms with Crippen molar-refractivity contribution in [1.29, 1.82) is 0 Å². The van der Waals surface area contributed by atoms with Crippen molar-refractivity contribution in [1.82, 2.24) is 4.98 Å². The number of anilines is 1. The molecule has 1 aromatic heterocycles. The molecule has 0 aliphatic heterocycles. The minimum atomic E-state index is -0.385. The van der Waals surface area contributed by atoms with Gasteiger partial charge in [-0.3, -0.25) is 10.1 Å². The van der Waals surface area contributed by atoms with Gasteiger partial charge in [-0.2, -0.15) is 0 Å². The first-order valence-electron chi connectivity index (χ1n) is 5.25. The van der Waals surface area contributed by atoms with E-state index >= 15 is 0 Å². The molecule has 0 atom stereocenters. The van der Waals surface area contributed by atoms with E-state index in [9.17, 15) is 4.79 Å². The SMILES string of the molecule is O=C(C#Cc1ccccc1)Nc1cccc(Br)n1. The molecule has 1 N–H and O–H groups in total. The van der Waals surface area contributed by atoms with Crippen molar-refractivity contribution in [2.75, 3.05) is 5.32 Å². The van der Waals surface area contributed by atoms with Crippen LogP contribution in [0.2, 0.25) is 0 Å². The molecule has 2 rings (SSSR count). The smallest absolute Gasteiger partial charge is 0.300 e. The second-order valence-electron chi connectivity index (χ2n) is 3.42. The maximum atomic E-state index is 11.6. The maximum absolute atomic E-state index is 11.6. The molecule has 0 saturated carbocycles. The molecule has 0 radical (unpaired) electrons. The zero-order valence-corrected chi connectivity index (χ0v) is 10.9. The molecule has 0 aliphatic carbocycles. The van der Waals surface area contributed by atoms with E-state index < -0.39 is 0 Å². The Morgan fingerprint density at radius 1 is 1.11 bits per heavy atom. The van der Waals surface area contributed by atoms with Crippen molar-refractivity contribution < 1.29 is 4.79 Å². The molecule has 0 aliphatic rings. The minimum absolute atomic E-state index is 0.385.